The zero-order valence-corrected chi connectivity index (χ0v) is 11.7. The lowest BCUT2D eigenvalue weighted by Crippen LogP contribution is -2.36. The van der Waals surface area contributed by atoms with Gasteiger partial charge in [0.25, 0.3) is 0 Å². The summed E-state index contributed by atoms with van der Waals surface area (Å²) >= 11 is 0. The van der Waals surface area contributed by atoms with E-state index in [1.54, 1.807) is 24.3 Å². The molecule has 1 amide bonds. The molecule has 0 saturated heterocycles. The highest BCUT2D eigenvalue weighted by molar-refractivity contribution is 5.95. The van der Waals surface area contributed by atoms with E-state index in [1.165, 1.54) is 6.08 Å². The van der Waals surface area contributed by atoms with Crippen molar-refractivity contribution in [1.29, 1.82) is 0 Å². The lowest BCUT2D eigenvalue weighted by molar-refractivity contribution is -0.131. The van der Waals surface area contributed by atoms with Gasteiger partial charge >= 0.3 is 5.97 Å². The molecule has 5 heteroatoms. The lowest BCUT2D eigenvalue weighted by atomic mass is 10.0. The summed E-state index contributed by atoms with van der Waals surface area (Å²) in [6.45, 7) is 4.01. The van der Waals surface area contributed by atoms with Crippen molar-refractivity contribution in [2.24, 2.45) is 11.7 Å². The number of aliphatic carboxylic acids is 1. The van der Waals surface area contributed by atoms with E-state index < -0.39 is 12.0 Å². The Bertz CT molecular complexity index is 510. The number of anilines is 1. The van der Waals surface area contributed by atoms with Crippen LogP contribution in [-0.4, -0.2) is 23.0 Å². The van der Waals surface area contributed by atoms with Crippen molar-refractivity contribution in [2.45, 2.75) is 26.3 Å². The highest BCUT2D eigenvalue weighted by atomic mass is 16.4. The third-order valence-electron chi connectivity index (χ3n) is 2.63. The van der Waals surface area contributed by atoms with Crippen LogP contribution in [0.4, 0.5) is 5.69 Å². The minimum Gasteiger partial charge on any atom is -0.478 e. The van der Waals surface area contributed by atoms with Gasteiger partial charge in [-0.25, -0.2) is 4.79 Å². The highest BCUT2D eigenvalue weighted by Crippen LogP contribution is 2.13. The summed E-state index contributed by atoms with van der Waals surface area (Å²) in [5.41, 5.74) is 7.09. The molecule has 108 valence electrons. The van der Waals surface area contributed by atoms with Gasteiger partial charge in [0.05, 0.1) is 6.04 Å². The molecule has 1 atom stereocenters. The van der Waals surface area contributed by atoms with E-state index in [1.807, 2.05) is 13.8 Å². The van der Waals surface area contributed by atoms with Crippen LogP contribution in [0.25, 0.3) is 6.08 Å². The van der Waals surface area contributed by atoms with Crippen LogP contribution < -0.4 is 11.1 Å². The molecular weight excluding hydrogens is 256 g/mol. The molecule has 0 aromatic heterocycles. The normalized spacial score (nSPS) is 12.6. The monoisotopic (exact) mass is 276 g/mol. The average molecular weight is 276 g/mol. The third kappa shape index (κ3) is 5.67. The van der Waals surface area contributed by atoms with Gasteiger partial charge in [0.2, 0.25) is 5.91 Å². The fraction of sp³-hybridized carbons (Fsp3) is 0.333. The molecule has 0 aliphatic rings. The van der Waals surface area contributed by atoms with Crippen LogP contribution in [-0.2, 0) is 9.59 Å². The van der Waals surface area contributed by atoms with Crippen molar-refractivity contribution < 1.29 is 14.7 Å². The van der Waals surface area contributed by atoms with E-state index >= 15 is 0 Å². The average Bonchev–Trinajstić information content (AvgIpc) is 2.36. The number of carboxylic acids is 1. The van der Waals surface area contributed by atoms with Crippen molar-refractivity contribution in [2.75, 3.05) is 5.32 Å². The maximum Gasteiger partial charge on any atom is 0.328 e. The number of carbonyl (C=O) groups excluding carboxylic acids is 1. The topological polar surface area (TPSA) is 92.4 Å². The standard InChI is InChI=1S/C15H20N2O3/c1-10(2)8-13(16)15(20)17-12-5-3-4-11(9-12)6-7-14(18)19/h3-7,9-10,13H,8,16H2,1-2H3,(H,17,20)(H,18,19)/b7-6+/t13-/m0/s1. The van der Waals surface area contributed by atoms with Gasteiger partial charge in [0, 0.05) is 11.8 Å². The number of carboxylic acid groups (broad SMARTS) is 1. The van der Waals surface area contributed by atoms with Crippen molar-refractivity contribution in [3.8, 4) is 0 Å². The van der Waals surface area contributed by atoms with Gasteiger partial charge in [-0.15, -0.1) is 0 Å². The first-order chi connectivity index (χ1) is 9.38. The number of carbonyl (C=O) groups is 2. The van der Waals surface area contributed by atoms with Crippen LogP contribution in [0.5, 0.6) is 0 Å². The molecule has 0 saturated carbocycles. The molecule has 0 heterocycles. The molecule has 1 rings (SSSR count). The number of rotatable bonds is 6. The van der Waals surface area contributed by atoms with E-state index in [0.29, 0.717) is 23.6 Å². The Balaban J connectivity index is 2.71. The summed E-state index contributed by atoms with van der Waals surface area (Å²) in [6.07, 6.45) is 3.13. The Morgan fingerprint density at radius 2 is 2.10 bits per heavy atom. The summed E-state index contributed by atoms with van der Waals surface area (Å²) < 4.78 is 0. The van der Waals surface area contributed by atoms with E-state index in [9.17, 15) is 9.59 Å². The summed E-state index contributed by atoms with van der Waals surface area (Å²) in [6, 6.07) is 6.37. The van der Waals surface area contributed by atoms with Gasteiger partial charge in [-0.2, -0.15) is 0 Å². The second-order valence-electron chi connectivity index (χ2n) is 5.02. The van der Waals surface area contributed by atoms with Crippen LogP contribution in [0.1, 0.15) is 25.8 Å². The summed E-state index contributed by atoms with van der Waals surface area (Å²) in [5.74, 6) is -0.906. The van der Waals surface area contributed by atoms with Gasteiger partial charge in [-0.3, -0.25) is 4.79 Å². The molecule has 0 aliphatic carbocycles. The van der Waals surface area contributed by atoms with Crippen LogP contribution in [0.15, 0.2) is 30.3 Å². The molecule has 1 aromatic rings. The minimum absolute atomic E-state index is 0.238. The number of nitrogens with two attached hydrogens (primary N) is 1. The van der Waals surface area contributed by atoms with Crippen LogP contribution in [0.3, 0.4) is 0 Å². The number of benzene rings is 1. The van der Waals surface area contributed by atoms with Crippen LogP contribution >= 0.6 is 0 Å². The molecule has 20 heavy (non-hydrogen) atoms. The predicted molar refractivity (Wildman–Crippen MR) is 79.2 cm³/mol. The summed E-state index contributed by atoms with van der Waals surface area (Å²) in [4.78, 5) is 22.3. The molecule has 0 spiro atoms. The second kappa shape index (κ2) is 7.45. The van der Waals surface area contributed by atoms with Crippen molar-refractivity contribution in [3.63, 3.8) is 0 Å². The first-order valence-electron chi connectivity index (χ1n) is 6.46. The van der Waals surface area contributed by atoms with Gasteiger partial charge in [0.15, 0.2) is 0 Å². The zero-order valence-electron chi connectivity index (χ0n) is 11.7. The summed E-state index contributed by atoms with van der Waals surface area (Å²) in [7, 11) is 0. The predicted octanol–water partition coefficient (Wildman–Crippen LogP) is 2.10. The number of nitrogens with one attached hydrogen (secondary N) is 1. The fourth-order valence-corrected chi connectivity index (χ4v) is 1.74. The molecule has 5 nitrogen and oxygen atoms in total. The van der Waals surface area contributed by atoms with Crippen LogP contribution in [0.2, 0.25) is 0 Å². The molecule has 0 aliphatic heterocycles. The molecule has 1 aromatic carbocycles. The SMILES string of the molecule is CC(C)C[C@H](N)C(=O)Nc1cccc(/C=C/C(=O)O)c1. The number of amides is 1. The maximum atomic E-state index is 11.9. The minimum atomic E-state index is -1.02. The quantitative estimate of drug-likeness (QED) is 0.694. The first-order valence-corrected chi connectivity index (χ1v) is 6.46. The van der Waals surface area contributed by atoms with Crippen molar-refractivity contribution in [3.05, 3.63) is 35.9 Å². The molecular formula is C15H20N2O3. The fourth-order valence-electron chi connectivity index (χ4n) is 1.74. The highest BCUT2D eigenvalue weighted by Gasteiger charge is 2.14. The zero-order chi connectivity index (χ0) is 15.1. The van der Waals surface area contributed by atoms with E-state index in [4.69, 9.17) is 10.8 Å². The van der Waals surface area contributed by atoms with Crippen LogP contribution in [0, 0.1) is 5.92 Å². The van der Waals surface area contributed by atoms with Crippen molar-refractivity contribution >= 4 is 23.6 Å². The number of hydrogen-bond acceptors (Lipinski definition) is 3. The molecule has 0 bridgehead atoms. The van der Waals surface area contributed by atoms with Gasteiger partial charge < -0.3 is 16.2 Å². The maximum absolute atomic E-state index is 11.9. The smallest absolute Gasteiger partial charge is 0.328 e. The molecule has 4 N–H and O–H groups in total. The van der Waals surface area contributed by atoms with E-state index in [2.05, 4.69) is 5.32 Å². The second-order valence-corrected chi connectivity index (χ2v) is 5.02. The summed E-state index contributed by atoms with van der Waals surface area (Å²) in [5, 5.41) is 11.3. The largest absolute Gasteiger partial charge is 0.478 e. The lowest BCUT2D eigenvalue weighted by Gasteiger charge is -2.14. The molecule has 0 unspecified atom stereocenters. The van der Waals surface area contributed by atoms with E-state index in [-0.39, 0.29) is 5.91 Å². The third-order valence-corrected chi connectivity index (χ3v) is 2.63. The number of hydrogen-bond donors (Lipinski definition) is 3. The Labute approximate surface area is 118 Å². The first kappa shape index (κ1) is 15.9. The Morgan fingerprint density at radius 3 is 2.70 bits per heavy atom. The van der Waals surface area contributed by atoms with Gasteiger partial charge in [-0.05, 0) is 36.1 Å². The van der Waals surface area contributed by atoms with Gasteiger partial charge in [-0.1, -0.05) is 26.0 Å². The van der Waals surface area contributed by atoms with E-state index in [0.717, 1.165) is 6.08 Å². The van der Waals surface area contributed by atoms with Crippen molar-refractivity contribution in [1.82, 2.24) is 0 Å². The van der Waals surface area contributed by atoms with Gasteiger partial charge in [0.1, 0.15) is 0 Å². The molecule has 0 radical (unpaired) electrons. The Hall–Kier alpha value is -2.14. The Kier molecular flexibility index (Phi) is 5.93. The molecule has 0 fully saturated rings. The Morgan fingerprint density at radius 1 is 1.40 bits per heavy atom.